The number of hydrogen-bond donors (Lipinski definition) is 1. The number of carboxylic acids is 1. The van der Waals surface area contributed by atoms with Crippen molar-refractivity contribution in [2.45, 2.75) is 20.3 Å². The Balaban J connectivity index is 2.28. The third-order valence-electron chi connectivity index (χ3n) is 2.61. The van der Waals surface area contributed by atoms with E-state index in [2.05, 4.69) is 5.10 Å². The molecule has 0 saturated heterocycles. The Bertz CT molecular complexity index is 531. The van der Waals surface area contributed by atoms with Gasteiger partial charge in [0.05, 0.1) is 17.1 Å². The molecular weight excluding hydrogens is 204 g/mol. The van der Waals surface area contributed by atoms with Crippen LogP contribution in [0.5, 0.6) is 0 Å². The van der Waals surface area contributed by atoms with Crippen molar-refractivity contribution in [3.8, 4) is 0 Å². The maximum absolute atomic E-state index is 10.8. The Labute approximate surface area is 93.5 Å². The highest BCUT2D eigenvalue weighted by Crippen LogP contribution is 2.13. The number of aromatic nitrogens is 2. The van der Waals surface area contributed by atoms with Crippen LogP contribution < -0.4 is 0 Å². The molecule has 2 aromatic rings. The molecule has 0 aliphatic carbocycles. The molecule has 0 saturated carbocycles. The highest BCUT2D eigenvalue weighted by atomic mass is 16.4. The van der Waals surface area contributed by atoms with Gasteiger partial charge in [0.25, 0.3) is 0 Å². The van der Waals surface area contributed by atoms with E-state index < -0.39 is 5.97 Å². The first kappa shape index (κ1) is 10.7. The first-order valence-electron chi connectivity index (χ1n) is 5.24. The van der Waals surface area contributed by atoms with Crippen LogP contribution in [0.4, 0.5) is 0 Å². The largest absolute Gasteiger partial charge is 0.481 e. The SMILES string of the molecule is Cc1cc2cc(CC(C)C(=O)O)ccn2n1. The van der Waals surface area contributed by atoms with Crippen molar-refractivity contribution in [1.29, 1.82) is 0 Å². The van der Waals surface area contributed by atoms with Crippen LogP contribution in [0.2, 0.25) is 0 Å². The van der Waals surface area contributed by atoms with Crippen LogP contribution in [0.15, 0.2) is 24.4 Å². The zero-order valence-electron chi connectivity index (χ0n) is 9.34. The second-order valence-electron chi connectivity index (χ2n) is 4.13. The van der Waals surface area contributed by atoms with Crippen molar-refractivity contribution in [3.05, 3.63) is 35.7 Å². The molecule has 1 unspecified atom stereocenters. The zero-order valence-corrected chi connectivity index (χ0v) is 9.34. The van der Waals surface area contributed by atoms with Crippen LogP contribution in [0.25, 0.3) is 5.52 Å². The molecule has 1 N–H and O–H groups in total. The van der Waals surface area contributed by atoms with Gasteiger partial charge in [-0.15, -0.1) is 0 Å². The van der Waals surface area contributed by atoms with E-state index in [4.69, 9.17) is 5.11 Å². The highest BCUT2D eigenvalue weighted by molar-refractivity contribution is 5.70. The summed E-state index contributed by atoms with van der Waals surface area (Å²) < 4.78 is 1.80. The Morgan fingerprint density at radius 3 is 3.00 bits per heavy atom. The van der Waals surface area contributed by atoms with Gasteiger partial charge in [-0.05, 0) is 37.1 Å². The standard InChI is InChI=1S/C12H14N2O2/c1-8(12(15)16)5-10-3-4-14-11(7-10)6-9(2)13-14/h3-4,6-8H,5H2,1-2H3,(H,15,16). The van der Waals surface area contributed by atoms with Crippen LogP contribution >= 0.6 is 0 Å². The average molecular weight is 218 g/mol. The highest BCUT2D eigenvalue weighted by Gasteiger charge is 2.11. The van der Waals surface area contributed by atoms with Crippen molar-refractivity contribution >= 4 is 11.5 Å². The summed E-state index contributed by atoms with van der Waals surface area (Å²) in [7, 11) is 0. The molecule has 0 amide bonds. The lowest BCUT2D eigenvalue weighted by Crippen LogP contribution is -2.12. The predicted octanol–water partition coefficient (Wildman–Crippen LogP) is 1.91. The van der Waals surface area contributed by atoms with Gasteiger partial charge in [0.1, 0.15) is 0 Å². The molecule has 2 heterocycles. The summed E-state index contributed by atoms with van der Waals surface area (Å²) in [5.41, 5.74) is 3.00. The number of fused-ring (bicyclic) bond motifs is 1. The second-order valence-corrected chi connectivity index (χ2v) is 4.13. The summed E-state index contributed by atoms with van der Waals surface area (Å²) in [6.45, 7) is 3.65. The van der Waals surface area contributed by atoms with Gasteiger partial charge >= 0.3 is 5.97 Å². The van der Waals surface area contributed by atoms with E-state index in [1.54, 1.807) is 11.4 Å². The Morgan fingerprint density at radius 1 is 1.56 bits per heavy atom. The average Bonchev–Trinajstić information content (AvgIpc) is 2.57. The van der Waals surface area contributed by atoms with E-state index >= 15 is 0 Å². The molecule has 1 atom stereocenters. The van der Waals surface area contributed by atoms with Gasteiger partial charge in [0.2, 0.25) is 0 Å². The Hall–Kier alpha value is -1.84. The molecular formula is C12H14N2O2. The number of pyridine rings is 1. The topological polar surface area (TPSA) is 54.6 Å². The van der Waals surface area contributed by atoms with Crippen LogP contribution in [0.3, 0.4) is 0 Å². The number of hydrogen-bond acceptors (Lipinski definition) is 2. The minimum atomic E-state index is -0.760. The smallest absolute Gasteiger partial charge is 0.306 e. The first-order valence-corrected chi connectivity index (χ1v) is 5.24. The molecule has 16 heavy (non-hydrogen) atoms. The van der Waals surface area contributed by atoms with Crippen molar-refractivity contribution in [2.75, 3.05) is 0 Å². The molecule has 2 aromatic heterocycles. The fourth-order valence-corrected chi connectivity index (χ4v) is 1.74. The Kier molecular flexibility index (Phi) is 2.64. The van der Waals surface area contributed by atoms with Crippen LogP contribution in [0, 0.1) is 12.8 Å². The molecule has 4 heteroatoms. The van der Waals surface area contributed by atoms with Crippen LogP contribution in [-0.2, 0) is 11.2 Å². The van der Waals surface area contributed by atoms with E-state index in [0.717, 1.165) is 16.8 Å². The third-order valence-corrected chi connectivity index (χ3v) is 2.61. The molecule has 0 fully saturated rings. The molecule has 0 aliphatic heterocycles. The van der Waals surface area contributed by atoms with Gasteiger partial charge in [0.15, 0.2) is 0 Å². The summed E-state index contributed by atoms with van der Waals surface area (Å²) in [5, 5.41) is 13.1. The normalized spacial score (nSPS) is 12.9. The Morgan fingerprint density at radius 2 is 2.31 bits per heavy atom. The monoisotopic (exact) mass is 218 g/mol. The van der Waals surface area contributed by atoms with E-state index in [1.165, 1.54) is 0 Å². The fraction of sp³-hybridized carbons (Fsp3) is 0.333. The van der Waals surface area contributed by atoms with Crippen molar-refractivity contribution in [1.82, 2.24) is 9.61 Å². The maximum atomic E-state index is 10.8. The van der Waals surface area contributed by atoms with Gasteiger partial charge in [-0.3, -0.25) is 4.79 Å². The zero-order chi connectivity index (χ0) is 11.7. The van der Waals surface area contributed by atoms with Crippen molar-refractivity contribution in [3.63, 3.8) is 0 Å². The number of carboxylic acid groups (broad SMARTS) is 1. The molecule has 2 rings (SSSR count). The number of rotatable bonds is 3. The first-order chi connectivity index (χ1) is 7.56. The van der Waals surface area contributed by atoms with Crippen molar-refractivity contribution in [2.24, 2.45) is 5.92 Å². The summed E-state index contributed by atoms with van der Waals surface area (Å²) in [5.74, 6) is -1.11. The molecule has 0 aromatic carbocycles. The van der Waals surface area contributed by atoms with Gasteiger partial charge in [-0.2, -0.15) is 5.10 Å². The van der Waals surface area contributed by atoms with E-state index in [-0.39, 0.29) is 5.92 Å². The van der Waals surface area contributed by atoms with Gasteiger partial charge in [-0.1, -0.05) is 6.92 Å². The van der Waals surface area contributed by atoms with Crippen LogP contribution in [-0.4, -0.2) is 20.7 Å². The van der Waals surface area contributed by atoms with Crippen LogP contribution in [0.1, 0.15) is 18.2 Å². The molecule has 0 radical (unpaired) electrons. The summed E-state index contributed by atoms with van der Waals surface area (Å²) in [6, 6.07) is 5.88. The number of aryl methyl sites for hydroxylation is 1. The second kappa shape index (κ2) is 3.96. The summed E-state index contributed by atoms with van der Waals surface area (Å²) in [6.07, 6.45) is 2.42. The molecule has 4 nitrogen and oxygen atoms in total. The van der Waals surface area contributed by atoms with E-state index in [1.807, 2.05) is 31.3 Å². The number of aliphatic carboxylic acids is 1. The van der Waals surface area contributed by atoms with Crippen molar-refractivity contribution < 1.29 is 9.90 Å². The van der Waals surface area contributed by atoms with E-state index in [9.17, 15) is 4.79 Å². The summed E-state index contributed by atoms with van der Waals surface area (Å²) in [4.78, 5) is 10.8. The minimum Gasteiger partial charge on any atom is -0.481 e. The van der Waals surface area contributed by atoms with E-state index in [0.29, 0.717) is 6.42 Å². The minimum absolute atomic E-state index is 0.355. The molecule has 0 spiro atoms. The fourth-order valence-electron chi connectivity index (χ4n) is 1.74. The quantitative estimate of drug-likeness (QED) is 0.856. The van der Waals surface area contributed by atoms with Gasteiger partial charge in [-0.25, -0.2) is 4.52 Å². The third kappa shape index (κ3) is 2.05. The van der Waals surface area contributed by atoms with Gasteiger partial charge in [0, 0.05) is 6.20 Å². The number of carbonyl (C=O) groups is 1. The molecule has 0 aliphatic rings. The number of nitrogens with zero attached hydrogens (tertiary/aromatic N) is 2. The maximum Gasteiger partial charge on any atom is 0.306 e. The lowest BCUT2D eigenvalue weighted by molar-refractivity contribution is -0.141. The lowest BCUT2D eigenvalue weighted by Gasteiger charge is -2.06. The molecule has 0 bridgehead atoms. The summed E-state index contributed by atoms with van der Waals surface area (Å²) >= 11 is 0. The lowest BCUT2D eigenvalue weighted by atomic mass is 10.0. The molecule has 84 valence electrons. The predicted molar refractivity (Wildman–Crippen MR) is 60.4 cm³/mol. The van der Waals surface area contributed by atoms with Gasteiger partial charge < -0.3 is 5.11 Å².